The molecule has 1 aliphatic rings. The standard InChI is InChI=1S/C22H35NO2/c1-4-10-21-19(5-2)15-20(17(3)24)22(23-21)13-9-14-25-16-18-11-7-6-8-12-18/h6-8,11-12,19-23H,4-5,9-10,13-16H2,1-3H3/t19-,20+,21+,22-/m0/s1. The van der Waals surface area contributed by atoms with Gasteiger partial charge >= 0.3 is 0 Å². The fourth-order valence-electron chi connectivity index (χ4n) is 4.17. The molecule has 0 bridgehead atoms. The molecule has 1 aromatic rings. The van der Waals surface area contributed by atoms with Crippen LogP contribution in [0.15, 0.2) is 30.3 Å². The van der Waals surface area contributed by atoms with Crippen LogP contribution in [0.4, 0.5) is 0 Å². The maximum atomic E-state index is 12.1. The summed E-state index contributed by atoms with van der Waals surface area (Å²) in [5.41, 5.74) is 1.22. The van der Waals surface area contributed by atoms with Crippen LogP contribution in [0.25, 0.3) is 0 Å². The van der Waals surface area contributed by atoms with Gasteiger partial charge in [-0.05, 0) is 44.1 Å². The normalized spacial score (nSPS) is 26.5. The zero-order valence-corrected chi connectivity index (χ0v) is 16.2. The van der Waals surface area contributed by atoms with Crippen molar-refractivity contribution in [1.82, 2.24) is 5.32 Å². The number of ketones is 1. The Morgan fingerprint density at radius 2 is 1.92 bits per heavy atom. The quantitative estimate of drug-likeness (QED) is 0.622. The van der Waals surface area contributed by atoms with Crippen molar-refractivity contribution in [2.24, 2.45) is 11.8 Å². The summed E-state index contributed by atoms with van der Waals surface area (Å²) < 4.78 is 5.81. The molecule has 0 saturated carbocycles. The van der Waals surface area contributed by atoms with Gasteiger partial charge in [-0.1, -0.05) is 57.0 Å². The van der Waals surface area contributed by atoms with Crippen LogP contribution in [0.3, 0.4) is 0 Å². The average molecular weight is 346 g/mol. The molecule has 3 heteroatoms. The number of Topliss-reactive ketones (excluding diaryl/α,β-unsaturated/α-hetero) is 1. The van der Waals surface area contributed by atoms with Gasteiger partial charge in [0.05, 0.1) is 6.61 Å². The number of hydrogen-bond acceptors (Lipinski definition) is 3. The highest BCUT2D eigenvalue weighted by Gasteiger charge is 2.36. The number of rotatable bonds is 10. The van der Waals surface area contributed by atoms with Crippen LogP contribution >= 0.6 is 0 Å². The molecule has 1 saturated heterocycles. The first-order chi connectivity index (χ1) is 12.2. The van der Waals surface area contributed by atoms with Crippen molar-refractivity contribution in [1.29, 1.82) is 0 Å². The minimum absolute atomic E-state index is 0.173. The topological polar surface area (TPSA) is 38.3 Å². The van der Waals surface area contributed by atoms with E-state index in [0.29, 0.717) is 30.4 Å². The third-order valence-corrected chi connectivity index (χ3v) is 5.60. The summed E-state index contributed by atoms with van der Waals surface area (Å²) in [6, 6.07) is 11.2. The molecular weight excluding hydrogens is 310 g/mol. The molecule has 0 spiro atoms. The van der Waals surface area contributed by atoms with E-state index in [1.54, 1.807) is 6.92 Å². The van der Waals surface area contributed by atoms with Gasteiger partial charge in [-0.2, -0.15) is 0 Å². The van der Waals surface area contributed by atoms with Crippen LogP contribution in [-0.4, -0.2) is 24.5 Å². The maximum Gasteiger partial charge on any atom is 0.134 e. The predicted octanol–water partition coefficient (Wildman–Crippen LogP) is 4.75. The number of piperidine rings is 1. The Morgan fingerprint density at radius 1 is 1.16 bits per heavy atom. The molecule has 1 N–H and O–H groups in total. The lowest BCUT2D eigenvalue weighted by atomic mass is 9.75. The molecular formula is C22H35NO2. The second-order valence-electron chi connectivity index (χ2n) is 7.47. The molecule has 0 aromatic heterocycles. The van der Waals surface area contributed by atoms with E-state index in [1.807, 2.05) is 18.2 Å². The Hall–Kier alpha value is -1.19. The van der Waals surface area contributed by atoms with Gasteiger partial charge in [-0.25, -0.2) is 0 Å². The SMILES string of the molecule is CCC[C@H]1N[C@@H](CCCOCc2ccccc2)[C@@H](C(C)=O)C[C@@H]1CC. The molecule has 140 valence electrons. The summed E-state index contributed by atoms with van der Waals surface area (Å²) in [7, 11) is 0. The van der Waals surface area contributed by atoms with Crippen LogP contribution in [0.5, 0.6) is 0 Å². The van der Waals surface area contributed by atoms with Gasteiger partial charge in [0.15, 0.2) is 0 Å². The van der Waals surface area contributed by atoms with Gasteiger partial charge in [-0.15, -0.1) is 0 Å². The minimum atomic E-state index is 0.173. The molecule has 25 heavy (non-hydrogen) atoms. The van der Waals surface area contributed by atoms with E-state index in [0.717, 1.165) is 32.3 Å². The van der Waals surface area contributed by atoms with E-state index < -0.39 is 0 Å². The maximum absolute atomic E-state index is 12.1. The van der Waals surface area contributed by atoms with Crippen molar-refractivity contribution in [3.63, 3.8) is 0 Å². The zero-order chi connectivity index (χ0) is 18.1. The third kappa shape index (κ3) is 6.23. The summed E-state index contributed by atoms with van der Waals surface area (Å²) >= 11 is 0. The smallest absolute Gasteiger partial charge is 0.134 e. The predicted molar refractivity (Wildman–Crippen MR) is 104 cm³/mol. The molecule has 0 amide bonds. The zero-order valence-electron chi connectivity index (χ0n) is 16.2. The number of hydrogen-bond donors (Lipinski definition) is 1. The van der Waals surface area contributed by atoms with Crippen molar-refractivity contribution < 1.29 is 9.53 Å². The Labute approximate surface area is 153 Å². The number of nitrogens with one attached hydrogen (secondary N) is 1. The van der Waals surface area contributed by atoms with Crippen molar-refractivity contribution in [2.75, 3.05) is 6.61 Å². The number of benzene rings is 1. The molecule has 4 atom stereocenters. The van der Waals surface area contributed by atoms with E-state index in [-0.39, 0.29) is 5.92 Å². The summed E-state index contributed by atoms with van der Waals surface area (Å²) in [6.07, 6.45) is 6.66. The first-order valence-electron chi connectivity index (χ1n) is 10.0. The number of carbonyl (C=O) groups is 1. The van der Waals surface area contributed by atoms with E-state index >= 15 is 0 Å². The van der Waals surface area contributed by atoms with Crippen molar-refractivity contribution in [3.8, 4) is 0 Å². The highest BCUT2D eigenvalue weighted by molar-refractivity contribution is 5.79. The lowest BCUT2D eigenvalue weighted by Gasteiger charge is -2.42. The summed E-state index contributed by atoms with van der Waals surface area (Å²) in [4.78, 5) is 12.1. The molecule has 1 heterocycles. The average Bonchev–Trinajstić information content (AvgIpc) is 2.62. The highest BCUT2D eigenvalue weighted by Crippen LogP contribution is 2.32. The second kappa shape index (κ2) is 10.7. The molecule has 0 aliphatic carbocycles. The monoisotopic (exact) mass is 345 g/mol. The molecule has 1 aliphatic heterocycles. The molecule has 3 nitrogen and oxygen atoms in total. The minimum Gasteiger partial charge on any atom is -0.377 e. The summed E-state index contributed by atoms with van der Waals surface area (Å²) in [5, 5.41) is 3.82. The second-order valence-corrected chi connectivity index (χ2v) is 7.47. The van der Waals surface area contributed by atoms with Crippen LogP contribution in [0.2, 0.25) is 0 Å². The Kier molecular flexibility index (Phi) is 8.63. The Bertz CT molecular complexity index is 502. The van der Waals surface area contributed by atoms with E-state index in [1.165, 1.54) is 18.4 Å². The summed E-state index contributed by atoms with van der Waals surface area (Å²) in [5.74, 6) is 1.16. The molecule has 1 fully saturated rings. The van der Waals surface area contributed by atoms with Crippen LogP contribution in [0.1, 0.15) is 64.9 Å². The van der Waals surface area contributed by atoms with Gasteiger partial charge in [0, 0.05) is 24.6 Å². The van der Waals surface area contributed by atoms with Crippen molar-refractivity contribution in [2.45, 2.75) is 78.0 Å². The lowest BCUT2D eigenvalue weighted by molar-refractivity contribution is -0.123. The molecule has 2 rings (SSSR count). The number of carbonyl (C=O) groups excluding carboxylic acids is 1. The Morgan fingerprint density at radius 3 is 2.56 bits per heavy atom. The Balaban J connectivity index is 1.79. The molecule has 0 unspecified atom stereocenters. The van der Waals surface area contributed by atoms with E-state index in [9.17, 15) is 4.79 Å². The van der Waals surface area contributed by atoms with Gasteiger partial charge in [0.2, 0.25) is 0 Å². The molecule has 0 radical (unpaired) electrons. The highest BCUT2D eigenvalue weighted by atomic mass is 16.5. The van der Waals surface area contributed by atoms with Crippen molar-refractivity contribution in [3.05, 3.63) is 35.9 Å². The van der Waals surface area contributed by atoms with Crippen LogP contribution in [0, 0.1) is 11.8 Å². The van der Waals surface area contributed by atoms with Crippen LogP contribution < -0.4 is 5.32 Å². The van der Waals surface area contributed by atoms with Gasteiger partial charge in [0.1, 0.15) is 5.78 Å². The van der Waals surface area contributed by atoms with Gasteiger partial charge in [-0.3, -0.25) is 4.79 Å². The van der Waals surface area contributed by atoms with Crippen LogP contribution in [-0.2, 0) is 16.1 Å². The van der Waals surface area contributed by atoms with E-state index in [2.05, 4.69) is 31.3 Å². The lowest BCUT2D eigenvalue weighted by Crippen LogP contribution is -2.53. The third-order valence-electron chi connectivity index (χ3n) is 5.60. The first kappa shape index (κ1) is 20.1. The van der Waals surface area contributed by atoms with Gasteiger partial charge < -0.3 is 10.1 Å². The first-order valence-corrected chi connectivity index (χ1v) is 10.0. The van der Waals surface area contributed by atoms with Crippen molar-refractivity contribution >= 4 is 5.78 Å². The number of ether oxygens (including phenoxy) is 1. The fraction of sp³-hybridized carbons (Fsp3) is 0.682. The fourth-order valence-corrected chi connectivity index (χ4v) is 4.17. The largest absolute Gasteiger partial charge is 0.377 e. The van der Waals surface area contributed by atoms with E-state index in [4.69, 9.17) is 4.74 Å². The molecule has 1 aromatic carbocycles. The van der Waals surface area contributed by atoms with Gasteiger partial charge in [0.25, 0.3) is 0 Å². The summed E-state index contributed by atoms with van der Waals surface area (Å²) in [6.45, 7) is 7.69.